The Bertz CT molecular complexity index is 499. The molecule has 0 spiro atoms. The SMILES string of the molecule is CNCc1nnc(-c2ccc(OC(F)F)cc2)o1. The van der Waals surface area contributed by atoms with Crippen molar-refractivity contribution in [2.45, 2.75) is 13.2 Å². The highest BCUT2D eigenvalue weighted by Crippen LogP contribution is 2.22. The van der Waals surface area contributed by atoms with Crippen LogP contribution in [0.1, 0.15) is 5.89 Å². The molecule has 5 nitrogen and oxygen atoms in total. The van der Waals surface area contributed by atoms with E-state index in [9.17, 15) is 8.78 Å². The van der Waals surface area contributed by atoms with Gasteiger partial charge in [-0.05, 0) is 31.3 Å². The lowest BCUT2D eigenvalue weighted by molar-refractivity contribution is -0.0498. The van der Waals surface area contributed by atoms with Crippen LogP contribution in [0.3, 0.4) is 0 Å². The van der Waals surface area contributed by atoms with Gasteiger partial charge in [0.1, 0.15) is 5.75 Å². The lowest BCUT2D eigenvalue weighted by Gasteiger charge is -2.03. The molecule has 0 amide bonds. The second-order valence-corrected chi connectivity index (χ2v) is 3.43. The van der Waals surface area contributed by atoms with Gasteiger partial charge in [0.25, 0.3) is 0 Å². The molecular weight excluding hydrogens is 244 g/mol. The summed E-state index contributed by atoms with van der Waals surface area (Å²) < 4.78 is 33.5. The molecule has 96 valence electrons. The van der Waals surface area contributed by atoms with Gasteiger partial charge in [0.05, 0.1) is 6.54 Å². The van der Waals surface area contributed by atoms with Crippen molar-refractivity contribution >= 4 is 0 Å². The largest absolute Gasteiger partial charge is 0.435 e. The predicted molar refractivity (Wildman–Crippen MR) is 59.1 cm³/mol. The van der Waals surface area contributed by atoms with Crippen LogP contribution in [0.25, 0.3) is 11.5 Å². The quantitative estimate of drug-likeness (QED) is 0.886. The third-order valence-electron chi connectivity index (χ3n) is 2.12. The number of aromatic nitrogens is 2. The smallest absolute Gasteiger partial charge is 0.387 e. The second kappa shape index (κ2) is 5.54. The van der Waals surface area contributed by atoms with Crippen LogP contribution in [0, 0.1) is 0 Å². The molecule has 0 bridgehead atoms. The minimum absolute atomic E-state index is 0.0868. The number of halogens is 2. The second-order valence-electron chi connectivity index (χ2n) is 3.43. The van der Waals surface area contributed by atoms with Gasteiger partial charge in [-0.15, -0.1) is 10.2 Å². The molecule has 0 fully saturated rings. The van der Waals surface area contributed by atoms with Crippen LogP contribution in [-0.2, 0) is 6.54 Å². The van der Waals surface area contributed by atoms with Crippen molar-refractivity contribution < 1.29 is 17.9 Å². The summed E-state index contributed by atoms with van der Waals surface area (Å²) in [7, 11) is 1.76. The zero-order valence-corrected chi connectivity index (χ0v) is 9.56. The summed E-state index contributed by atoms with van der Waals surface area (Å²) in [6, 6.07) is 6.00. The summed E-state index contributed by atoms with van der Waals surface area (Å²) in [6.45, 7) is -2.36. The Morgan fingerprint density at radius 2 is 2.00 bits per heavy atom. The Morgan fingerprint density at radius 1 is 1.28 bits per heavy atom. The highest BCUT2D eigenvalue weighted by Gasteiger charge is 2.09. The van der Waals surface area contributed by atoms with Crippen molar-refractivity contribution in [2.24, 2.45) is 0 Å². The predicted octanol–water partition coefficient (Wildman–Crippen LogP) is 2.06. The van der Waals surface area contributed by atoms with E-state index in [1.165, 1.54) is 12.1 Å². The van der Waals surface area contributed by atoms with Crippen molar-refractivity contribution in [3.8, 4) is 17.2 Å². The van der Waals surface area contributed by atoms with Crippen molar-refractivity contribution in [1.29, 1.82) is 0 Å². The van der Waals surface area contributed by atoms with Gasteiger partial charge in [0.2, 0.25) is 11.8 Å². The van der Waals surface area contributed by atoms with E-state index in [0.29, 0.717) is 23.9 Å². The lowest BCUT2D eigenvalue weighted by atomic mass is 10.2. The van der Waals surface area contributed by atoms with E-state index in [1.54, 1.807) is 19.2 Å². The highest BCUT2D eigenvalue weighted by atomic mass is 19.3. The molecule has 2 aromatic rings. The third-order valence-corrected chi connectivity index (χ3v) is 2.12. The van der Waals surface area contributed by atoms with Crippen LogP contribution in [-0.4, -0.2) is 23.9 Å². The number of rotatable bonds is 5. The number of nitrogens with one attached hydrogen (secondary N) is 1. The van der Waals surface area contributed by atoms with Gasteiger partial charge in [-0.2, -0.15) is 8.78 Å². The molecule has 1 heterocycles. The Kier molecular flexibility index (Phi) is 3.83. The monoisotopic (exact) mass is 255 g/mol. The number of ether oxygens (including phenoxy) is 1. The van der Waals surface area contributed by atoms with Crippen LogP contribution in [0.5, 0.6) is 5.75 Å². The number of benzene rings is 1. The van der Waals surface area contributed by atoms with Gasteiger partial charge in [0.15, 0.2) is 0 Å². The highest BCUT2D eigenvalue weighted by molar-refractivity contribution is 5.53. The number of hydrogen-bond acceptors (Lipinski definition) is 5. The molecule has 1 aromatic heterocycles. The molecule has 0 atom stereocenters. The molecule has 2 rings (SSSR count). The summed E-state index contributed by atoms with van der Waals surface area (Å²) in [6.07, 6.45) is 0. The first kappa shape index (κ1) is 12.4. The number of nitrogens with zero attached hydrogens (tertiary/aromatic N) is 2. The summed E-state index contributed by atoms with van der Waals surface area (Å²) in [5.74, 6) is 0.882. The van der Waals surface area contributed by atoms with Crippen molar-refractivity contribution in [2.75, 3.05) is 7.05 Å². The van der Waals surface area contributed by atoms with E-state index >= 15 is 0 Å². The Morgan fingerprint density at radius 3 is 2.61 bits per heavy atom. The average Bonchev–Trinajstić information content (AvgIpc) is 2.78. The van der Waals surface area contributed by atoms with Gasteiger partial charge in [-0.25, -0.2) is 0 Å². The van der Waals surface area contributed by atoms with Crippen LogP contribution in [0.4, 0.5) is 8.78 Å². The van der Waals surface area contributed by atoms with Gasteiger partial charge in [-0.1, -0.05) is 0 Å². The summed E-state index contributed by atoms with van der Waals surface area (Å²) in [5.41, 5.74) is 0.645. The molecule has 0 saturated heterocycles. The third kappa shape index (κ3) is 3.01. The van der Waals surface area contributed by atoms with E-state index in [4.69, 9.17) is 4.42 Å². The maximum Gasteiger partial charge on any atom is 0.387 e. The Hall–Kier alpha value is -2.02. The fraction of sp³-hybridized carbons (Fsp3) is 0.273. The molecule has 0 aliphatic heterocycles. The summed E-state index contributed by atoms with van der Waals surface area (Å²) in [4.78, 5) is 0. The topological polar surface area (TPSA) is 60.2 Å². The summed E-state index contributed by atoms with van der Waals surface area (Å²) in [5, 5.41) is 10.6. The molecule has 1 aromatic carbocycles. The average molecular weight is 255 g/mol. The maximum absolute atomic E-state index is 12.0. The standard InChI is InChI=1S/C11H11F2N3O2/c1-14-6-9-15-16-10(18-9)7-2-4-8(5-3-7)17-11(12)13/h2-5,11,14H,6H2,1H3. The van der Waals surface area contributed by atoms with E-state index in [2.05, 4.69) is 20.3 Å². The molecule has 0 unspecified atom stereocenters. The molecule has 0 aliphatic rings. The number of hydrogen-bond donors (Lipinski definition) is 1. The maximum atomic E-state index is 12.0. The Balaban J connectivity index is 2.12. The van der Waals surface area contributed by atoms with Gasteiger partial charge in [-0.3, -0.25) is 0 Å². The Labute approximate surface area is 102 Å². The summed E-state index contributed by atoms with van der Waals surface area (Å²) >= 11 is 0. The zero-order valence-electron chi connectivity index (χ0n) is 9.56. The normalized spacial score (nSPS) is 10.9. The van der Waals surface area contributed by atoms with Crippen LogP contribution < -0.4 is 10.1 Å². The van der Waals surface area contributed by atoms with E-state index < -0.39 is 6.61 Å². The van der Waals surface area contributed by atoms with Crippen molar-refractivity contribution in [3.05, 3.63) is 30.2 Å². The fourth-order valence-corrected chi connectivity index (χ4v) is 1.37. The van der Waals surface area contributed by atoms with Crippen LogP contribution in [0.2, 0.25) is 0 Å². The molecule has 0 radical (unpaired) electrons. The van der Waals surface area contributed by atoms with Crippen LogP contribution in [0.15, 0.2) is 28.7 Å². The fourth-order valence-electron chi connectivity index (χ4n) is 1.37. The van der Waals surface area contributed by atoms with Gasteiger partial charge >= 0.3 is 6.61 Å². The van der Waals surface area contributed by atoms with E-state index in [1.807, 2.05) is 0 Å². The molecule has 0 saturated carbocycles. The van der Waals surface area contributed by atoms with Gasteiger partial charge < -0.3 is 14.5 Å². The molecule has 0 aliphatic carbocycles. The molecule has 18 heavy (non-hydrogen) atoms. The van der Waals surface area contributed by atoms with Crippen molar-refractivity contribution in [3.63, 3.8) is 0 Å². The zero-order chi connectivity index (χ0) is 13.0. The van der Waals surface area contributed by atoms with E-state index in [0.717, 1.165) is 0 Å². The van der Waals surface area contributed by atoms with Crippen molar-refractivity contribution in [1.82, 2.24) is 15.5 Å². The van der Waals surface area contributed by atoms with Gasteiger partial charge in [0, 0.05) is 5.56 Å². The molecule has 1 N–H and O–H groups in total. The molecule has 7 heteroatoms. The molecular formula is C11H11F2N3O2. The van der Waals surface area contributed by atoms with E-state index in [-0.39, 0.29) is 5.75 Å². The minimum atomic E-state index is -2.83. The minimum Gasteiger partial charge on any atom is -0.435 e. The first-order valence-electron chi connectivity index (χ1n) is 5.21. The van der Waals surface area contributed by atoms with Crippen LogP contribution >= 0.6 is 0 Å². The lowest BCUT2D eigenvalue weighted by Crippen LogP contribution is -2.04. The first-order valence-corrected chi connectivity index (χ1v) is 5.21. The number of alkyl halides is 2. The first-order chi connectivity index (χ1) is 8.69.